The number of rotatable bonds is 5. The first kappa shape index (κ1) is 17.9. The summed E-state index contributed by atoms with van der Waals surface area (Å²) in [6, 6.07) is 4.32. The van der Waals surface area contributed by atoms with Crippen molar-refractivity contribution in [1.29, 1.82) is 0 Å². The molecule has 0 radical (unpaired) electrons. The van der Waals surface area contributed by atoms with Crippen molar-refractivity contribution in [3.05, 3.63) is 54.9 Å². The van der Waals surface area contributed by atoms with Gasteiger partial charge in [-0.05, 0) is 38.5 Å². The zero-order valence-electron chi connectivity index (χ0n) is 14.7. The number of methoxy groups -OCH3 is 1. The maximum atomic E-state index is 12.4. The lowest BCUT2D eigenvalue weighted by molar-refractivity contribution is -0.386. The van der Waals surface area contributed by atoms with Gasteiger partial charge in [-0.15, -0.1) is 11.3 Å². The predicted molar refractivity (Wildman–Crippen MR) is 98.4 cm³/mol. The van der Waals surface area contributed by atoms with Crippen LogP contribution in [0.5, 0.6) is 11.5 Å². The molecule has 0 bridgehead atoms. The second kappa shape index (κ2) is 6.75. The van der Waals surface area contributed by atoms with Gasteiger partial charge in [0, 0.05) is 4.88 Å². The van der Waals surface area contributed by atoms with E-state index in [0.29, 0.717) is 21.8 Å². The summed E-state index contributed by atoms with van der Waals surface area (Å²) in [5.74, 6) is 0.743. The molecule has 1 aromatic carbocycles. The average molecular weight is 375 g/mol. The van der Waals surface area contributed by atoms with Crippen molar-refractivity contribution >= 4 is 27.2 Å². The highest BCUT2D eigenvalue weighted by Crippen LogP contribution is 2.34. The molecular formula is C17H17N3O5S. The minimum atomic E-state index is -0.679. The van der Waals surface area contributed by atoms with E-state index in [1.54, 1.807) is 13.0 Å². The van der Waals surface area contributed by atoms with Crippen molar-refractivity contribution in [2.45, 2.75) is 26.9 Å². The molecule has 0 amide bonds. The van der Waals surface area contributed by atoms with Crippen LogP contribution in [-0.2, 0) is 0 Å². The monoisotopic (exact) mass is 375 g/mol. The molecule has 8 nitrogen and oxygen atoms in total. The molecule has 0 aliphatic heterocycles. The quantitative estimate of drug-likeness (QED) is 0.539. The van der Waals surface area contributed by atoms with Crippen molar-refractivity contribution in [2.24, 2.45) is 0 Å². The van der Waals surface area contributed by atoms with Crippen LogP contribution >= 0.6 is 11.3 Å². The largest absolute Gasteiger partial charge is 0.496 e. The van der Waals surface area contributed by atoms with Crippen LogP contribution in [0.25, 0.3) is 10.2 Å². The second-order valence-electron chi connectivity index (χ2n) is 5.77. The number of aromatic nitrogens is 2. The molecule has 1 atom stereocenters. The molecule has 136 valence electrons. The minimum absolute atomic E-state index is 0.0737. The van der Waals surface area contributed by atoms with E-state index in [0.717, 1.165) is 10.4 Å². The maximum Gasteiger partial charge on any atom is 0.314 e. The Kier molecular flexibility index (Phi) is 4.64. The Bertz CT molecular complexity index is 1060. The molecular weight excluding hydrogens is 358 g/mol. The molecule has 9 heteroatoms. The third-order valence-electron chi connectivity index (χ3n) is 4.11. The summed E-state index contributed by atoms with van der Waals surface area (Å²) in [6.45, 7) is 5.48. The molecule has 2 aromatic heterocycles. The Morgan fingerprint density at radius 1 is 1.35 bits per heavy atom. The second-order valence-corrected chi connectivity index (χ2v) is 6.97. The van der Waals surface area contributed by atoms with Crippen molar-refractivity contribution in [2.75, 3.05) is 7.11 Å². The smallest absolute Gasteiger partial charge is 0.314 e. The third-order valence-corrected chi connectivity index (χ3v) is 5.21. The van der Waals surface area contributed by atoms with E-state index in [-0.39, 0.29) is 17.0 Å². The van der Waals surface area contributed by atoms with Crippen molar-refractivity contribution in [3.63, 3.8) is 0 Å². The fourth-order valence-corrected chi connectivity index (χ4v) is 3.61. The summed E-state index contributed by atoms with van der Waals surface area (Å²) in [6.07, 6.45) is -0.679. The van der Waals surface area contributed by atoms with E-state index in [1.165, 1.54) is 30.6 Å². The minimum Gasteiger partial charge on any atom is -0.496 e. The number of nitro benzene ring substituents is 1. The lowest BCUT2D eigenvalue weighted by Crippen LogP contribution is -2.16. The maximum absolute atomic E-state index is 12.4. The summed E-state index contributed by atoms with van der Waals surface area (Å²) in [5, 5.41) is 11.8. The van der Waals surface area contributed by atoms with Crippen LogP contribution in [0.2, 0.25) is 0 Å². The van der Waals surface area contributed by atoms with Crippen LogP contribution in [0.3, 0.4) is 0 Å². The molecule has 3 aromatic rings. The van der Waals surface area contributed by atoms with Crippen molar-refractivity contribution in [3.8, 4) is 11.5 Å². The molecule has 1 N–H and O–H groups in total. The topological polar surface area (TPSA) is 107 Å². The van der Waals surface area contributed by atoms with E-state index in [1.807, 2.05) is 13.8 Å². The Hall–Kier alpha value is -2.94. The Balaban J connectivity index is 1.98. The third kappa shape index (κ3) is 3.13. The lowest BCUT2D eigenvalue weighted by atomic mass is 10.2. The number of aromatic amines is 1. The van der Waals surface area contributed by atoms with Gasteiger partial charge in [-0.25, -0.2) is 4.98 Å². The molecule has 0 saturated carbocycles. The zero-order valence-corrected chi connectivity index (χ0v) is 15.5. The molecule has 0 fully saturated rings. The van der Waals surface area contributed by atoms with Gasteiger partial charge in [0.1, 0.15) is 10.6 Å². The predicted octanol–water partition coefficient (Wildman–Crippen LogP) is 3.66. The molecule has 2 heterocycles. The highest BCUT2D eigenvalue weighted by molar-refractivity contribution is 7.18. The van der Waals surface area contributed by atoms with Crippen LogP contribution in [0.4, 0.5) is 5.69 Å². The number of thiophene rings is 1. The Morgan fingerprint density at radius 2 is 2.08 bits per heavy atom. The molecule has 0 saturated heterocycles. The molecule has 0 spiro atoms. The molecule has 3 rings (SSSR count). The van der Waals surface area contributed by atoms with Gasteiger partial charge in [0.2, 0.25) is 0 Å². The van der Waals surface area contributed by atoms with Gasteiger partial charge >= 0.3 is 5.69 Å². The average Bonchev–Trinajstić information content (AvgIpc) is 2.89. The summed E-state index contributed by atoms with van der Waals surface area (Å²) in [7, 11) is 1.43. The van der Waals surface area contributed by atoms with Crippen molar-refractivity contribution in [1.82, 2.24) is 9.97 Å². The highest BCUT2D eigenvalue weighted by Gasteiger charge is 2.21. The van der Waals surface area contributed by atoms with Gasteiger partial charge in [-0.1, -0.05) is 0 Å². The number of aryl methyl sites for hydroxylation is 2. The fraction of sp³-hybridized carbons (Fsp3) is 0.294. The number of fused-ring (bicyclic) bond motifs is 1. The number of hydrogen-bond donors (Lipinski definition) is 1. The lowest BCUT2D eigenvalue weighted by Gasteiger charge is -2.14. The van der Waals surface area contributed by atoms with Crippen molar-refractivity contribution < 1.29 is 14.4 Å². The van der Waals surface area contributed by atoms with Gasteiger partial charge in [0.25, 0.3) is 5.56 Å². The molecule has 0 aliphatic rings. The number of H-pyrrole nitrogens is 1. The first-order valence-corrected chi connectivity index (χ1v) is 8.62. The van der Waals surface area contributed by atoms with Gasteiger partial charge in [0.15, 0.2) is 17.7 Å². The zero-order chi connectivity index (χ0) is 19.0. The van der Waals surface area contributed by atoms with Gasteiger partial charge < -0.3 is 14.5 Å². The molecule has 0 unspecified atom stereocenters. The van der Waals surface area contributed by atoms with Crippen LogP contribution in [0.1, 0.15) is 29.3 Å². The van der Waals surface area contributed by atoms with Crippen LogP contribution < -0.4 is 15.0 Å². The van der Waals surface area contributed by atoms with E-state index in [2.05, 4.69) is 9.97 Å². The number of nitrogens with one attached hydrogen (secondary N) is 1. The Labute approximate surface area is 152 Å². The summed E-state index contributed by atoms with van der Waals surface area (Å²) >= 11 is 1.43. The highest BCUT2D eigenvalue weighted by atomic mass is 32.1. The van der Waals surface area contributed by atoms with E-state index in [9.17, 15) is 14.9 Å². The van der Waals surface area contributed by atoms with E-state index < -0.39 is 11.0 Å². The fourth-order valence-electron chi connectivity index (χ4n) is 2.58. The number of nitro groups is 1. The summed E-state index contributed by atoms with van der Waals surface area (Å²) in [4.78, 5) is 31.9. The molecule has 0 aliphatic carbocycles. The summed E-state index contributed by atoms with van der Waals surface area (Å²) in [5.41, 5.74) is 0.443. The number of nitrogens with zero attached hydrogens (tertiary/aromatic N) is 2. The normalized spacial score (nSPS) is 12.2. The first-order chi connectivity index (χ1) is 12.3. The Morgan fingerprint density at radius 3 is 2.73 bits per heavy atom. The van der Waals surface area contributed by atoms with E-state index in [4.69, 9.17) is 9.47 Å². The van der Waals surface area contributed by atoms with Gasteiger partial charge in [-0.2, -0.15) is 0 Å². The van der Waals surface area contributed by atoms with Gasteiger partial charge in [-0.3, -0.25) is 14.9 Å². The first-order valence-electron chi connectivity index (χ1n) is 7.80. The SMILES string of the molecule is COc1ccc(O[C@H](C)c2nc3sc(C)c(C)c3c(=O)[nH]2)c([N+](=O)[O-])c1. The van der Waals surface area contributed by atoms with Gasteiger partial charge in [0.05, 0.1) is 23.5 Å². The number of ether oxygens (including phenoxy) is 2. The van der Waals surface area contributed by atoms with Crippen LogP contribution in [0.15, 0.2) is 23.0 Å². The number of benzene rings is 1. The van der Waals surface area contributed by atoms with Crippen LogP contribution in [-0.4, -0.2) is 22.0 Å². The summed E-state index contributed by atoms with van der Waals surface area (Å²) < 4.78 is 10.7. The number of hydrogen-bond acceptors (Lipinski definition) is 7. The standard InChI is InChI=1S/C17H17N3O5S/c1-8-10(3)26-17-14(8)16(21)18-15(19-17)9(2)25-13-6-5-11(24-4)7-12(13)20(22)23/h5-7,9H,1-4H3,(H,18,19,21)/t9-/m1/s1. The van der Waals surface area contributed by atoms with Crippen LogP contribution in [0, 0.1) is 24.0 Å². The van der Waals surface area contributed by atoms with E-state index >= 15 is 0 Å². The molecule has 26 heavy (non-hydrogen) atoms.